The molecule has 3 rings (SSSR count). The minimum absolute atomic E-state index is 0.0766. The molecule has 27 heavy (non-hydrogen) atoms. The lowest BCUT2D eigenvalue weighted by Gasteiger charge is -2.30. The maximum absolute atomic E-state index is 13.8. The molecular weight excluding hydrogens is 350 g/mol. The number of amides is 2. The highest BCUT2D eigenvalue weighted by Gasteiger charge is 2.22. The predicted octanol–water partition coefficient (Wildman–Crippen LogP) is 4.22. The molecule has 4 nitrogen and oxygen atoms in total. The Morgan fingerprint density at radius 3 is 2.37 bits per heavy atom. The van der Waals surface area contributed by atoms with Crippen molar-refractivity contribution in [3.8, 4) is 11.1 Å². The third-order valence-electron chi connectivity index (χ3n) is 4.94. The molecule has 0 unspecified atom stereocenters. The maximum atomic E-state index is 13.8. The van der Waals surface area contributed by atoms with E-state index in [1.807, 2.05) is 0 Å². The second-order valence-corrected chi connectivity index (χ2v) is 6.90. The lowest BCUT2D eigenvalue weighted by atomic mass is 9.93. The fourth-order valence-corrected chi connectivity index (χ4v) is 3.38. The van der Waals surface area contributed by atoms with Gasteiger partial charge in [-0.2, -0.15) is 0 Å². The summed E-state index contributed by atoms with van der Waals surface area (Å²) in [6, 6.07) is 9.98. The van der Waals surface area contributed by atoms with Crippen LogP contribution in [0.1, 0.15) is 26.2 Å². The minimum atomic E-state index is -0.500. The van der Waals surface area contributed by atoms with Gasteiger partial charge >= 0.3 is 0 Å². The van der Waals surface area contributed by atoms with E-state index in [4.69, 9.17) is 0 Å². The van der Waals surface area contributed by atoms with Crippen LogP contribution >= 0.6 is 0 Å². The summed E-state index contributed by atoms with van der Waals surface area (Å²) in [5.74, 6) is -0.736. The van der Waals surface area contributed by atoms with Gasteiger partial charge in [0.05, 0.1) is 0 Å². The van der Waals surface area contributed by atoms with Crippen LogP contribution < -0.4 is 5.32 Å². The maximum Gasteiger partial charge on any atom is 0.224 e. The molecule has 0 aliphatic carbocycles. The monoisotopic (exact) mass is 372 g/mol. The van der Waals surface area contributed by atoms with Crippen molar-refractivity contribution in [1.82, 2.24) is 4.90 Å². The van der Waals surface area contributed by atoms with Crippen LogP contribution in [0.3, 0.4) is 0 Å². The van der Waals surface area contributed by atoms with Gasteiger partial charge in [-0.1, -0.05) is 12.1 Å². The van der Waals surface area contributed by atoms with Crippen LogP contribution in [0.25, 0.3) is 11.1 Å². The molecule has 0 saturated carbocycles. The van der Waals surface area contributed by atoms with Crippen LogP contribution in [0.4, 0.5) is 14.5 Å². The molecule has 2 aromatic rings. The molecule has 1 N–H and O–H groups in total. The van der Waals surface area contributed by atoms with Gasteiger partial charge in [0.25, 0.3) is 0 Å². The number of hydrogen-bond acceptors (Lipinski definition) is 2. The first-order chi connectivity index (χ1) is 12.9. The summed E-state index contributed by atoms with van der Waals surface area (Å²) < 4.78 is 27.2. The van der Waals surface area contributed by atoms with E-state index in [0.717, 1.165) is 31.0 Å². The average molecular weight is 372 g/mol. The molecule has 1 aliphatic rings. The number of anilines is 1. The fourth-order valence-electron chi connectivity index (χ4n) is 3.38. The highest BCUT2D eigenvalue weighted by atomic mass is 19.1. The zero-order chi connectivity index (χ0) is 19.4. The lowest BCUT2D eigenvalue weighted by molar-refractivity contribution is -0.130. The number of hydrogen-bond donors (Lipinski definition) is 1. The van der Waals surface area contributed by atoms with E-state index in [-0.39, 0.29) is 23.3 Å². The normalized spacial score (nSPS) is 14.9. The van der Waals surface area contributed by atoms with Crippen molar-refractivity contribution in [3.63, 3.8) is 0 Å². The van der Waals surface area contributed by atoms with Gasteiger partial charge in [0.1, 0.15) is 11.6 Å². The van der Waals surface area contributed by atoms with Crippen LogP contribution in [0.2, 0.25) is 0 Å². The van der Waals surface area contributed by atoms with Gasteiger partial charge in [0, 0.05) is 37.7 Å². The second kappa shape index (κ2) is 8.29. The van der Waals surface area contributed by atoms with E-state index in [9.17, 15) is 18.4 Å². The molecule has 0 bridgehead atoms. The quantitative estimate of drug-likeness (QED) is 0.874. The third-order valence-corrected chi connectivity index (χ3v) is 4.94. The van der Waals surface area contributed by atoms with Crippen LogP contribution in [-0.4, -0.2) is 29.8 Å². The molecule has 142 valence electrons. The SMILES string of the molecule is CC(=O)N1CCC(CC(=O)Nc2ccc(-c3cc(F)ccc3F)cc2)CC1. The van der Waals surface area contributed by atoms with Crippen LogP contribution in [-0.2, 0) is 9.59 Å². The molecule has 1 aliphatic heterocycles. The summed E-state index contributed by atoms with van der Waals surface area (Å²) in [5.41, 5.74) is 1.34. The van der Waals surface area contributed by atoms with E-state index in [2.05, 4.69) is 5.32 Å². The topological polar surface area (TPSA) is 49.4 Å². The largest absolute Gasteiger partial charge is 0.343 e. The van der Waals surface area contributed by atoms with Gasteiger partial charge in [-0.3, -0.25) is 9.59 Å². The second-order valence-electron chi connectivity index (χ2n) is 6.90. The standard InChI is InChI=1S/C21H22F2N2O2/c1-14(26)25-10-8-15(9-11-25)12-21(27)24-18-5-2-16(3-6-18)19-13-17(22)4-7-20(19)23/h2-7,13,15H,8-12H2,1H3,(H,24,27). The lowest BCUT2D eigenvalue weighted by Crippen LogP contribution is -2.37. The van der Waals surface area contributed by atoms with Gasteiger partial charge in [-0.15, -0.1) is 0 Å². The van der Waals surface area contributed by atoms with E-state index in [0.29, 0.717) is 30.8 Å². The highest BCUT2D eigenvalue weighted by molar-refractivity contribution is 5.91. The van der Waals surface area contributed by atoms with E-state index in [1.54, 1.807) is 36.1 Å². The number of carbonyl (C=O) groups is 2. The molecule has 0 spiro atoms. The number of benzene rings is 2. The summed E-state index contributed by atoms with van der Waals surface area (Å²) in [5, 5.41) is 2.84. The first-order valence-electron chi connectivity index (χ1n) is 9.03. The van der Waals surface area contributed by atoms with Gasteiger partial charge in [0.2, 0.25) is 11.8 Å². The van der Waals surface area contributed by atoms with Crippen molar-refractivity contribution >= 4 is 17.5 Å². The molecule has 1 heterocycles. The van der Waals surface area contributed by atoms with E-state index >= 15 is 0 Å². The summed E-state index contributed by atoms with van der Waals surface area (Å²) in [6.07, 6.45) is 2.06. The molecule has 0 aromatic heterocycles. The Kier molecular flexibility index (Phi) is 5.84. The molecule has 1 saturated heterocycles. The number of nitrogens with zero attached hydrogens (tertiary/aromatic N) is 1. The Morgan fingerprint density at radius 1 is 1.07 bits per heavy atom. The predicted molar refractivity (Wildman–Crippen MR) is 100 cm³/mol. The zero-order valence-electron chi connectivity index (χ0n) is 15.2. The average Bonchev–Trinajstić information content (AvgIpc) is 2.65. The summed E-state index contributed by atoms with van der Waals surface area (Å²) in [6.45, 7) is 2.95. The summed E-state index contributed by atoms with van der Waals surface area (Å²) in [4.78, 5) is 25.4. The Morgan fingerprint density at radius 2 is 1.74 bits per heavy atom. The number of likely N-dealkylation sites (tertiary alicyclic amines) is 1. The Hall–Kier alpha value is -2.76. The molecule has 0 radical (unpaired) electrons. The van der Waals surface area contributed by atoms with Crippen LogP contribution in [0, 0.1) is 17.6 Å². The van der Waals surface area contributed by atoms with Crippen LogP contribution in [0.5, 0.6) is 0 Å². The van der Waals surface area contributed by atoms with Gasteiger partial charge in [-0.05, 0) is 54.7 Å². The number of carbonyl (C=O) groups excluding carboxylic acids is 2. The number of piperidine rings is 1. The Balaban J connectivity index is 1.56. The van der Waals surface area contributed by atoms with Crippen molar-refractivity contribution in [3.05, 3.63) is 54.1 Å². The Labute approximate surface area is 157 Å². The van der Waals surface area contributed by atoms with Crippen molar-refractivity contribution in [2.24, 2.45) is 5.92 Å². The number of nitrogens with one attached hydrogen (secondary N) is 1. The van der Waals surface area contributed by atoms with E-state index in [1.165, 1.54) is 0 Å². The molecule has 2 amide bonds. The van der Waals surface area contributed by atoms with Crippen molar-refractivity contribution < 1.29 is 18.4 Å². The molecule has 0 atom stereocenters. The third kappa shape index (κ3) is 4.90. The highest BCUT2D eigenvalue weighted by Crippen LogP contribution is 2.26. The molecule has 6 heteroatoms. The molecular formula is C21H22F2N2O2. The Bertz CT molecular complexity index is 829. The van der Waals surface area contributed by atoms with Crippen molar-refractivity contribution in [2.45, 2.75) is 26.2 Å². The van der Waals surface area contributed by atoms with E-state index < -0.39 is 11.6 Å². The summed E-state index contributed by atoms with van der Waals surface area (Å²) >= 11 is 0. The van der Waals surface area contributed by atoms with Crippen molar-refractivity contribution in [1.29, 1.82) is 0 Å². The number of halogens is 2. The van der Waals surface area contributed by atoms with Crippen LogP contribution in [0.15, 0.2) is 42.5 Å². The van der Waals surface area contributed by atoms with Crippen molar-refractivity contribution in [2.75, 3.05) is 18.4 Å². The molecule has 2 aromatic carbocycles. The fraction of sp³-hybridized carbons (Fsp3) is 0.333. The first kappa shape index (κ1) is 19.0. The zero-order valence-corrected chi connectivity index (χ0v) is 15.2. The smallest absolute Gasteiger partial charge is 0.224 e. The van der Waals surface area contributed by atoms with Gasteiger partial charge < -0.3 is 10.2 Å². The van der Waals surface area contributed by atoms with Gasteiger partial charge in [-0.25, -0.2) is 8.78 Å². The first-order valence-corrected chi connectivity index (χ1v) is 9.03. The summed E-state index contributed by atoms with van der Waals surface area (Å²) in [7, 11) is 0. The van der Waals surface area contributed by atoms with Gasteiger partial charge in [0.15, 0.2) is 0 Å². The molecule has 1 fully saturated rings. The number of rotatable bonds is 4. The minimum Gasteiger partial charge on any atom is -0.343 e.